The Morgan fingerprint density at radius 1 is 1.28 bits per heavy atom. The van der Waals surface area contributed by atoms with Gasteiger partial charge in [0.25, 0.3) is 0 Å². The first-order valence-electron chi connectivity index (χ1n) is 7.11. The van der Waals surface area contributed by atoms with Crippen LogP contribution in [0.2, 0.25) is 0 Å². The minimum Gasteiger partial charge on any atom is -0.330 e. The molecule has 100 valence electrons. The summed E-state index contributed by atoms with van der Waals surface area (Å²) in [6, 6.07) is 1.38. The van der Waals surface area contributed by atoms with E-state index in [1.54, 1.807) is 0 Å². The molecule has 0 saturated carbocycles. The summed E-state index contributed by atoms with van der Waals surface area (Å²) in [5.74, 6) is 0. The van der Waals surface area contributed by atoms with Crippen molar-refractivity contribution in [2.24, 2.45) is 5.73 Å². The van der Waals surface area contributed by atoms with Crippen LogP contribution in [0.25, 0.3) is 0 Å². The van der Waals surface area contributed by atoms with Gasteiger partial charge in [0.05, 0.1) is 17.6 Å². The zero-order valence-electron chi connectivity index (χ0n) is 11.5. The molecular weight excluding hydrogens is 224 g/mol. The monoisotopic (exact) mass is 248 g/mol. The lowest BCUT2D eigenvalue weighted by Gasteiger charge is -2.37. The molecule has 1 aromatic heterocycles. The van der Waals surface area contributed by atoms with Crippen LogP contribution in [0.15, 0.2) is 12.5 Å². The molecule has 2 fully saturated rings. The van der Waals surface area contributed by atoms with E-state index in [1.807, 2.05) is 12.5 Å². The van der Waals surface area contributed by atoms with Crippen molar-refractivity contribution < 1.29 is 0 Å². The molecular formula is C14H24N4. The second-order valence-corrected chi connectivity index (χ2v) is 6.42. The maximum absolute atomic E-state index is 6.24. The van der Waals surface area contributed by atoms with Gasteiger partial charge in [-0.3, -0.25) is 0 Å². The highest BCUT2D eigenvalue weighted by atomic mass is 15.2. The zero-order chi connectivity index (χ0) is 12.8. The quantitative estimate of drug-likeness (QED) is 0.869. The number of rotatable bonds is 2. The van der Waals surface area contributed by atoms with E-state index in [2.05, 4.69) is 28.3 Å². The van der Waals surface area contributed by atoms with Crippen molar-refractivity contribution in [3.8, 4) is 0 Å². The minimum atomic E-state index is -0.302. The van der Waals surface area contributed by atoms with Crippen molar-refractivity contribution >= 4 is 0 Å². The van der Waals surface area contributed by atoms with Gasteiger partial charge in [-0.15, -0.1) is 0 Å². The molecule has 2 saturated heterocycles. The number of hydrogen-bond acceptors (Lipinski definition) is 3. The second kappa shape index (κ2) is 4.35. The summed E-state index contributed by atoms with van der Waals surface area (Å²) in [4.78, 5) is 6.97. The van der Waals surface area contributed by atoms with Crippen molar-refractivity contribution in [1.82, 2.24) is 14.5 Å². The van der Waals surface area contributed by atoms with Crippen molar-refractivity contribution in [3.05, 3.63) is 18.2 Å². The molecule has 0 spiro atoms. The fourth-order valence-corrected chi connectivity index (χ4v) is 3.55. The minimum absolute atomic E-state index is 0.302. The topological polar surface area (TPSA) is 47.1 Å². The molecule has 0 amide bonds. The number of hydrogen-bond donors (Lipinski definition) is 1. The number of aromatic nitrogens is 2. The highest BCUT2D eigenvalue weighted by Gasteiger charge is 2.34. The maximum atomic E-state index is 6.24. The molecule has 2 N–H and O–H groups in total. The highest BCUT2D eigenvalue weighted by Crippen LogP contribution is 2.34. The molecule has 4 nitrogen and oxygen atoms in total. The van der Waals surface area contributed by atoms with E-state index in [4.69, 9.17) is 5.73 Å². The molecule has 2 unspecified atom stereocenters. The molecule has 2 atom stereocenters. The number of nitrogens with two attached hydrogens (primary N) is 1. The molecule has 3 heterocycles. The zero-order valence-corrected chi connectivity index (χ0v) is 11.5. The first-order valence-corrected chi connectivity index (χ1v) is 7.11. The molecule has 0 aromatic carbocycles. The fraction of sp³-hybridized carbons (Fsp3) is 0.786. The van der Waals surface area contributed by atoms with Crippen LogP contribution in [0.3, 0.4) is 0 Å². The highest BCUT2D eigenvalue weighted by molar-refractivity contribution is 5.12. The maximum Gasteiger partial charge on any atom is 0.0951 e. The normalized spacial score (nSPS) is 29.5. The van der Waals surface area contributed by atoms with Gasteiger partial charge in [-0.05, 0) is 46.1 Å². The lowest BCUT2D eigenvalue weighted by atomic mass is 9.95. The SMILES string of the molecule is CC(C)(N)c1cncn1C1CCN2CCCC2C1. The van der Waals surface area contributed by atoms with Crippen LogP contribution in [0.1, 0.15) is 51.3 Å². The summed E-state index contributed by atoms with van der Waals surface area (Å²) < 4.78 is 2.33. The van der Waals surface area contributed by atoms with Crippen LogP contribution < -0.4 is 5.73 Å². The molecule has 4 heteroatoms. The van der Waals surface area contributed by atoms with Crippen LogP contribution in [0, 0.1) is 0 Å². The molecule has 3 rings (SSSR count). The van der Waals surface area contributed by atoms with Crippen molar-refractivity contribution in [2.75, 3.05) is 13.1 Å². The number of nitrogens with zero attached hydrogens (tertiary/aromatic N) is 3. The number of piperidine rings is 1. The van der Waals surface area contributed by atoms with Crippen LogP contribution in [0.5, 0.6) is 0 Å². The van der Waals surface area contributed by atoms with E-state index < -0.39 is 0 Å². The van der Waals surface area contributed by atoms with Crippen molar-refractivity contribution in [1.29, 1.82) is 0 Å². The Morgan fingerprint density at radius 2 is 2.11 bits per heavy atom. The van der Waals surface area contributed by atoms with E-state index in [9.17, 15) is 0 Å². The lowest BCUT2D eigenvalue weighted by molar-refractivity contribution is 0.152. The average Bonchev–Trinajstić information content (AvgIpc) is 2.96. The van der Waals surface area contributed by atoms with E-state index in [0.29, 0.717) is 6.04 Å². The first kappa shape index (κ1) is 12.2. The summed E-state index contributed by atoms with van der Waals surface area (Å²) in [6.07, 6.45) is 9.14. The van der Waals surface area contributed by atoms with Crippen LogP contribution in [-0.2, 0) is 5.54 Å². The van der Waals surface area contributed by atoms with Gasteiger partial charge in [-0.2, -0.15) is 0 Å². The third-order valence-corrected chi connectivity index (χ3v) is 4.51. The Hall–Kier alpha value is -0.870. The smallest absolute Gasteiger partial charge is 0.0951 e. The van der Waals surface area contributed by atoms with Crippen LogP contribution in [-0.4, -0.2) is 33.6 Å². The second-order valence-electron chi connectivity index (χ2n) is 6.42. The van der Waals surface area contributed by atoms with Crippen molar-refractivity contribution in [3.63, 3.8) is 0 Å². The Morgan fingerprint density at radius 3 is 2.89 bits per heavy atom. The van der Waals surface area contributed by atoms with Crippen molar-refractivity contribution in [2.45, 2.75) is 57.2 Å². The number of imidazole rings is 1. The van der Waals surface area contributed by atoms with Crippen LogP contribution >= 0.6 is 0 Å². The molecule has 18 heavy (non-hydrogen) atoms. The fourth-order valence-electron chi connectivity index (χ4n) is 3.55. The Labute approximate surface area is 109 Å². The first-order chi connectivity index (χ1) is 8.55. The summed E-state index contributed by atoms with van der Waals surface area (Å²) >= 11 is 0. The molecule has 0 aliphatic carbocycles. The van der Waals surface area contributed by atoms with Gasteiger partial charge in [0.2, 0.25) is 0 Å². The van der Waals surface area contributed by atoms with E-state index >= 15 is 0 Å². The molecule has 2 aliphatic heterocycles. The van der Waals surface area contributed by atoms with Gasteiger partial charge in [0, 0.05) is 24.8 Å². The van der Waals surface area contributed by atoms with Gasteiger partial charge in [0.1, 0.15) is 0 Å². The molecule has 0 bridgehead atoms. The molecule has 2 aliphatic rings. The third-order valence-electron chi connectivity index (χ3n) is 4.51. The summed E-state index contributed by atoms with van der Waals surface area (Å²) in [5, 5.41) is 0. The summed E-state index contributed by atoms with van der Waals surface area (Å²) in [6.45, 7) is 6.66. The average molecular weight is 248 g/mol. The van der Waals surface area contributed by atoms with E-state index in [0.717, 1.165) is 6.04 Å². The third kappa shape index (κ3) is 2.08. The predicted molar refractivity (Wildman–Crippen MR) is 72.3 cm³/mol. The van der Waals surface area contributed by atoms with Gasteiger partial charge >= 0.3 is 0 Å². The molecule has 1 aromatic rings. The molecule has 0 radical (unpaired) electrons. The van der Waals surface area contributed by atoms with Gasteiger partial charge < -0.3 is 15.2 Å². The lowest BCUT2D eigenvalue weighted by Crippen LogP contribution is -2.40. The summed E-state index contributed by atoms with van der Waals surface area (Å²) in [7, 11) is 0. The Bertz CT molecular complexity index is 418. The van der Waals surface area contributed by atoms with E-state index in [-0.39, 0.29) is 5.54 Å². The number of fused-ring (bicyclic) bond motifs is 1. The largest absolute Gasteiger partial charge is 0.330 e. The predicted octanol–water partition coefficient (Wildman–Crippen LogP) is 1.88. The van der Waals surface area contributed by atoms with Crippen LogP contribution in [0.4, 0.5) is 0 Å². The Kier molecular flexibility index (Phi) is 2.94. The van der Waals surface area contributed by atoms with Gasteiger partial charge in [-0.1, -0.05) is 0 Å². The van der Waals surface area contributed by atoms with Gasteiger partial charge in [0.15, 0.2) is 0 Å². The van der Waals surface area contributed by atoms with E-state index in [1.165, 1.54) is 44.5 Å². The van der Waals surface area contributed by atoms with Gasteiger partial charge in [-0.25, -0.2) is 4.98 Å². The standard InChI is InChI=1S/C14H24N4/c1-14(2,15)13-9-16-10-18(13)12-5-7-17-6-3-4-11(17)8-12/h9-12H,3-8,15H2,1-2H3. The Balaban J connectivity index is 1.81. The summed E-state index contributed by atoms with van der Waals surface area (Å²) in [5.41, 5.74) is 7.11.